The maximum Gasteiger partial charge on any atom is 0.269 e. The maximum absolute atomic E-state index is 11.9. The molecule has 5 heteroatoms. The molecular weight excluding hydrogens is 266 g/mol. The van der Waals surface area contributed by atoms with Crippen LogP contribution < -0.4 is 0 Å². The molecule has 3 rings (SSSR count). The predicted molar refractivity (Wildman–Crippen MR) is 79.7 cm³/mol. The summed E-state index contributed by atoms with van der Waals surface area (Å²) in [4.78, 5) is 16.4. The third-order valence-electron chi connectivity index (χ3n) is 3.25. The van der Waals surface area contributed by atoms with Gasteiger partial charge in [-0.05, 0) is 11.6 Å². The summed E-state index contributed by atoms with van der Waals surface area (Å²) < 4.78 is 5.11. The standard InChI is InChI=1S/C16H15N3O2/c1-19(2)16(20)14-8-12(9-17-14)15-13(10-21-18-15)11-6-4-3-5-7-11/h3-10,17H,1-2H3. The quantitative estimate of drug-likeness (QED) is 0.802. The average molecular weight is 281 g/mol. The van der Waals surface area contributed by atoms with Crippen LogP contribution in [0.15, 0.2) is 53.4 Å². The molecule has 0 radical (unpaired) electrons. The highest BCUT2D eigenvalue weighted by Gasteiger charge is 2.16. The zero-order valence-electron chi connectivity index (χ0n) is 11.8. The van der Waals surface area contributed by atoms with E-state index in [0.29, 0.717) is 5.69 Å². The molecule has 0 aliphatic rings. The fraction of sp³-hybridized carbons (Fsp3) is 0.125. The van der Waals surface area contributed by atoms with Crippen LogP contribution in [0.5, 0.6) is 0 Å². The van der Waals surface area contributed by atoms with E-state index in [4.69, 9.17) is 4.52 Å². The molecule has 0 saturated carbocycles. The molecule has 0 aliphatic heterocycles. The van der Waals surface area contributed by atoms with Gasteiger partial charge in [-0.2, -0.15) is 0 Å². The SMILES string of the molecule is CN(C)C(=O)c1cc(-c2nocc2-c2ccccc2)c[nH]1. The summed E-state index contributed by atoms with van der Waals surface area (Å²) in [6.07, 6.45) is 3.38. The van der Waals surface area contributed by atoms with Crippen LogP contribution in [-0.4, -0.2) is 35.0 Å². The predicted octanol–water partition coefficient (Wildman–Crippen LogP) is 3.04. The van der Waals surface area contributed by atoms with Gasteiger partial charge in [0.05, 0.1) is 0 Å². The van der Waals surface area contributed by atoms with Gasteiger partial charge >= 0.3 is 0 Å². The Bertz CT molecular complexity index is 757. The number of rotatable bonds is 3. The largest absolute Gasteiger partial charge is 0.363 e. The normalized spacial score (nSPS) is 10.6. The van der Waals surface area contributed by atoms with E-state index in [1.807, 2.05) is 30.3 Å². The Morgan fingerprint density at radius 3 is 2.67 bits per heavy atom. The van der Waals surface area contributed by atoms with Gasteiger partial charge < -0.3 is 14.4 Å². The lowest BCUT2D eigenvalue weighted by atomic mass is 10.0. The van der Waals surface area contributed by atoms with E-state index in [-0.39, 0.29) is 5.91 Å². The Morgan fingerprint density at radius 2 is 1.95 bits per heavy atom. The second-order valence-electron chi connectivity index (χ2n) is 4.94. The average Bonchev–Trinajstić information content (AvgIpc) is 3.16. The Kier molecular flexibility index (Phi) is 3.31. The van der Waals surface area contributed by atoms with Crippen LogP contribution in [0.4, 0.5) is 0 Å². The Hall–Kier alpha value is -2.82. The van der Waals surface area contributed by atoms with Gasteiger partial charge in [0, 0.05) is 31.4 Å². The van der Waals surface area contributed by atoms with E-state index in [2.05, 4.69) is 10.1 Å². The summed E-state index contributed by atoms with van der Waals surface area (Å²) in [6, 6.07) is 11.7. The minimum Gasteiger partial charge on any atom is -0.363 e. The number of aromatic amines is 1. The minimum atomic E-state index is -0.0778. The zero-order chi connectivity index (χ0) is 14.8. The smallest absolute Gasteiger partial charge is 0.269 e. The van der Waals surface area contributed by atoms with Crippen molar-refractivity contribution in [3.63, 3.8) is 0 Å². The molecule has 0 spiro atoms. The summed E-state index contributed by atoms with van der Waals surface area (Å²) in [5.74, 6) is -0.0778. The van der Waals surface area contributed by atoms with Crippen LogP contribution in [0, 0.1) is 0 Å². The molecule has 0 unspecified atom stereocenters. The van der Waals surface area contributed by atoms with Gasteiger partial charge in [-0.25, -0.2) is 0 Å². The highest BCUT2D eigenvalue weighted by molar-refractivity contribution is 5.94. The van der Waals surface area contributed by atoms with E-state index in [0.717, 1.165) is 22.4 Å². The van der Waals surface area contributed by atoms with Crippen LogP contribution in [-0.2, 0) is 0 Å². The number of amides is 1. The van der Waals surface area contributed by atoms with Crippen molar-refractivity contribution in [1.29, 1.82) is 0 Å². The third kappa shape index (κ3) is 2.45. The van der Waals surface area contributed by atoms with E-state index in [1.54, 1.807) is 32.6 Å². The highest BCUT2D eigenvalue weighted by atomic mass is 16.5. The molecule has 0 aliphatic carbocycles. The number of carbonyl (C=O) groups is 1. The summed E-state index contributed by atoms with van der Waals surface area (Å²) in [7, 11) is 3.43. The van der Waals surface area contributed by atoms with Gasteiger partial charge in [0.25, 0.3) is 5.91 Å². The summed E-state index contributed by atoms with van der Waals surface area (Å²) in [6.45, 7) is 0. The van der Waals surface area contributed by atoms with Crippen molar-refractivity contribution in [3.8, 4) is 22.4 Å². The minimum absolute atomic E-state index is 0.0778. The monoisotopic (exact) mass is 281 g/mol. The number of nitrogens with zero attached hydrogens (tertiary/aromatic N) is 2. The molecule has 2 aromatic heterocycles. The van der Waals surface area contributed by atoms with Crippen LogP contribution in [0.3, 0.4) is 0 Å². The van der Waals surface area contributed by atoms with Crippen molar-refractivity contribution < 1.29 is 9.32 Å². The Balaban J connectivity index is 2.00. The van der Waals surface area contributed by atoms with Gasteiger partial charge in [0.2, 0.25) is 0 Å². The van der Waals surface area contributed by atoms with Crippen molar-refractivity contribution in [2.75, 3.05) is 14.1 Å². The lowest BCUT2D eigenvalue weighted by molar-refractivity contribution is 0.0822. The molecule has 0 fully saturated rings. The highest BCUT2D eigenvalue weighted by Crippen LogP contribution is 2.31. The first kappa shape index (κ1) is 13.2. The summed E-state index contributed by atoms with van der Waals surface area (Å²) in [5.41, 5.74) is 3.99. The van der Waals surface area contributed by atoms with Gasteiger partial charge in [0.15, 0.2) is 0 Å². The van der Waals surface area contributed by atoms with Crippen molar-refractivity contribution >= 4 is 5.91 Å². The molecule has 1 N–H and O–H groups in total. The third-order valence-corrected chi connectivity index (χ3v) is 3.25. The molecule has 5 nitrogen and oxygen atoms in total. The number of nitrogens with one attached hydrogen (secondary N) is 1. The van der Waals surface area contributed by atoms with Crippen LogP contribution in [0.25, 0.3) is 22.4 Å². The second kappa shape index (κ2) is 5.28. The Morgan fingerprint density at radius 1 is 1.19 bits per heavy atom. The van der Waals surface area contributed by atoms with Crippen LogP contribution in [0.1, 0.15) is 10.5 Å². The van der Waals surface area contributed by atoms with Gasteiger partial charge in [-0.15, -0.1) is 0 Å². The summed E-state index contributed by atoms with van der Waals surface area (Å²) >= 11 is 0. The lowest BCUT2D eigenvalue weighted by Gasteiger charge is -2.07. The van der Waals surface area contributed by atoms with Gasteiger partial charge in [0.1, 0.15) is 17.7 Å². The van der Waals surface area contributed by atoms with E-state index >= 15 is 0 Å². The molecule has 1 amide bonds. The van der Waals surface area contributed by atoms with E-state index in [1.165, 1.54) is 4.90 Å². The second-order valence-corrected chi connectivity index (χ2v) is 4.94. The van der Waals surface area contributed by atoms with E-state index < -0.39 is 0 Å². The molecule has 3 aromatic rings. The van der Waals surface area contributed by atoms with Gasteiger partial charge in [-0.1, -0.05) is 35.5 Å². The van der Waals surface area contributed by atoms with Crippen molar-refractivity contribution in [3.05, 3.63) is 54.6 Å². The molecule has 106 valence electrons. The number of hydrogen-bond acceptors (Lipinski definition) is 3. The van der Waals surface area contributed by atoms with Gasteiger partial charge in [-0.3, -0.25) is 4.79 Å². The van der Waals surface area contributed by atoms with Crippen LogP contribution in [0.2, 0.25) is 0 Å². The number of H-pyrrole nitrogens is 1. The topological polar surface area (TPSA) is 62.1 Å². The molecule has 1 aromatic carbocycles. The molecule has 21 heavy (non-hydrogen) atoms. The molecule has 0 atom stereocenters. The fourth-order valence-electron chi connectivity index (χ4n) is 2.16. The zero-order valence-corrected chi connectivity index (χ0v) is 11.8. The van der Waals surface area contributed by atoms with Crippen LogP contribution >= 0.6 is 0 Å². The first-order chi connectivity index (χ1) is 10.2. The lowest BCUT2D eigenvalue weighted by Crippen LogP contribution is -2.21. The van der Waals surface area contributed by atoms with Crippen molar-refractivity contribution in [2.45, 2.75) is 0 Å². The number of carbonyl (C=O) groups excluding carboxylic acids is 1. The first-order valence-corrected chi connectivity index (χ1v) is 6.57. The number of benzene rings is 1. The Labute approximate surface area is 122 Å². The number of aromatic nitrogens is 2. The van der Waals surface area contributed by atoms with E-state index in [9.17, 15) is 4.79 Å². The van der Waals surface area contributed by atoms with Crippen molar-refractivity contribution in [2.24, 2.45) is 0 Å². The number of hydrogen-bond donors (Lipinski definition) is 1. The molecule has 0 saturated heterocycles. The molecule has 0 bridgehead atoms. The summed E-state index contributed by atoms with van der Waals surface area (Å²) in [5, 5.41) is 4.06. The molecular formula is C16H15N3O2. The van der Waals surface area contributed by atoms with Crippen molar-refractivity contribution in [1.82, 2.24) is 15.0 Å². The molecule has 2 heterocycles. The maximum atomic E-state index is 11.9. The fourth-order valence-corrected chi connectivity index (χ4v) is 2.16. The first-order valence-electron chi connectivity index (χ1n) is 6.57.